The fraction of sp³-hybridized carbons (Fsp3) is 0.143. The maximum Gasteiger partial charge on any atom is 0.292 e. The summed E-state index contributed by atoms with van der Waals surface area (Å²) in [5, 5.41) is 18.9. The number of Topliss-reactive ketones (excluding diaryl/α,β-unsaturated/α-hetero) is 1. The number of allylic oxidation sites excluding steroid dienone is 2. The van der Waals surface area contributed by atoms with Crippen molar-refractivity contribution in [3.63, 3.8) is 0 Å². The van der Waals surface area contributed by atoms with Crippen molar-refractivity contribution in [2.24, 2.45) is 0 Å². The molecule has 0 atom stereocenters. The summed E-state index contributed by atoms with van der Waals surface area (Å²) in [5.74, 6) is -1.52. The maximum absolute atomic E-state index is 10.7. The van der Waals surface area contributed by atoms with Crippen LogP contribution in [0.4, 0.5) is 0 Å². The smallest absolute Gasteiger partial charge is 0.292 e. The van der Waals surface area contributed by atoms with Gasteiger partial charge in [-0.15, -0.1) is 0 Å². The zero-order valence-corrected chi connectivity index (χ0v) is 5.92. The van der Waals surface area contributed by atoms with E-state index in [0.717, 1.165) is 0 Å². The number of hydrogen-bond donors (Lipinski definition) is 1. The second-order valence-electron chi connectivity index (χ2n) is 2.13. The average Bonchev–Trinajstić information content (AvgIpc) is 2.09. The van der Waals surface area contributed by atoms with E-state index in [9.17, 15) is 9.59 Å². The van der Waals surface area contributed by atoms with Crippen molar-refractivity contribution in [3.05, 3.63) is 11.3 Å². The Morgan fingerprint density at radius 1 is 1.25 bits per heavy atom. The molecule has 0 saturated heterocycles. The van der Waals surface area contributed by atoms with E-state index in [1.54, 1.807) is 12.1 Å². The Balaban J connectivity index is 3.10. The molecule has 0 fully saturated rings. The largest absolute Gasteiger partial charge is 0.310 e. The summed E-state index contributed by atoms with van der Waals surface area (Å²) < 4.78 is 0. The van der Waals surface area contributed by atoms with Gasteiger partial charge in [0.2, 0.25) is 5.78 Å². The van der Waals surface area contributed by atoms with Gasteiger partial charge in [0.05, 0.1) is 18.1 Å². The van der Waals surface area contributed by atoms with Gasteiger partial charge < -0.3 is 5.32 Å². The number of carbonyl (C=O) groups is 2. The summed E-state index contributed by atoms with van der Waals surface area (Å²) in [7, 11) is 0. The number of nitriles is 2. The Morgan fingerprint density at radius 2 is 1.92 bits per heavy atom. The number of nitrogens with zero attached hydrogens (tertiary/aromatic N) is 2. The first kappa shape index (κ1) is 7.96. The standard InChI is InChI=1S/C7H3N3O2/c8-2-4-1-6(11)7(12)10-5(4)3-9/h1H2,(H,10,12). The molecule has 0 spiro atoms. The van der Waals surface area contributed by atoms with Crippen LogP contribution in [0.5, 0.6) is 0 Å². The van der Waals surface area contributed by atoms with E-state index >= 15 is 0 Å². The van der Waals surface area contributed by atoms with Crippen LogP contribution in [0.15, 0.2) is 11.3 Å². The fourth-order valence-electron chi connectivity index (χ4n) is 0.779. The topological polar surface area (TPSA) is 93.8 Å². The van der Waals surface area contributed by atoms with Crippen LogP contribution in [0.2, 0.25) is 0 Å². The lowest BCUT2D eigenvalue weighted by atomic mass is 10.0. The van der Waals surface area contributed by atoms with Gasteiger partial charge in [-0.05, 0) is 0 Å². The number of ketones is 1. The molecule has 1 aliphatic rings. The summed E-state index contributed by atoms with van der Waals surface area (Å²) in [5.41, 5.74) is -0.107. The first-order chi connectivity index (χ1) is 5.69. The van der Waals surface area contributed by atoms with Crippen LogP contribution in [-0.4, -0.2) is 11.7 Å². The number of carbonyl (C=O) groups excluding carboxylic acids is 2. The Bertz CT molecular complexity index is 331. The van der Waals surface area contributed by atoms with Crippen LogP contribution in [0.1, 0.15) is 6.42 Å². The monoisotopic (exact) mass is 161 g/mol. The molecule has 1 N–H and O–H groups in total. The van der Waals surface area contributed by atoms with E-state index in [1.165, 1.54) is 0 Å². The highest BCUT2D eigenvalue weighted by Gasteiger charge is 2.25. The molecule has 0 aromatic carbocycles. The van der Waals surface area contributed by atoms with Gasteiger partial charge in [0, 0.05) is 0 Å². The van der Waals surface area contributed by atoms with E-state index in [0.29, 0.717) is 0 Å². The number of hydrogen-bond acceptors (Lipinski definition) is 4. The number of rotatable bonds is 0. The summed E-state index contributed by atoms with van der Waals surface area (Å²) in [4.78, 5) is 21.4. The van der Waals surface area contributed by atoms with Crippen LogP contribution < -0.4 is 5.32 Å². The molecule has 0 aromatic heterocycles. The zero-order chi connectivity index (χ0) is 9.14. The molecule has 0 aromatic rings. The van der Waals surface area contributed by atoms with Crippen LogP contribution in [0.25, 0.3) is 0 Å². The molecule has 0 saturated carbocycles. The molecular formula is C7H3N3O2. The Hall–Kier alpha value is -2.14. The SMILES string of the molecule is N#CC1=C(C#N)NC(=O)C(=O)C1. The second kappa shape index (κ2) is 2.85. The minimum atomic E-state index is -0.828. The quantitative estimate of drug-likeness (QED) is 0.479. The van der Waals surface area contributed by atoms with E-state index in [1.807, 2.05) is 5.32 Å². The minimum Gasteiger partial charge on any atom is -0.310 e. The molecule has 0 bridgehead atoms. The molecule has 5 nitrogen and oxygen atoms in total. The van der Waals surface area contributed by atoms with Crippen molar-refractivity contribution in [1.82, 2.24) is 5.32 Å². The third-order valence-electron chi connectivity index (χ3n) is 1.38. The molecule has 58 valence electrons. The second-order valence-corrected chi connectivity index (χ2v) is 2.13. The van der Waals surface area contributed by atoms with E-state index < -0.39 is 11.7 Å². The highest BCUT2D eigenvalue weighted by molar-refractivity contribution is 6.38. The molecule has 12 heavy (non-hydrogen) atoms. The summed E-state index contributed by atoms with van der Waals surface area (Å²) >= 11 is 0. The molecule has 1 aliphatic heterocycles. The van der Waals surface area contributed by atoms with Gasteiger partial charge in [0.1, 0.15) is 11.8 Å². The predicted octanol–water partition coefficient (Wildman–Crippen LogP) is -0.623. The van der Waals surface area contributed by atoms with Gasteiger partial charge in [-0.25, -0.2) is 0 Å². The Labute approximate surface area is 67.9 Å². The molecule has 0 aliphatic carbocycles. The first-order valence-corrected chi connectivity index (χ1v) is 3.06. The molecule has 1 rings (SSSR count). The van der Waals surface area contributed by atoms with Gasteiger partial charge in [-0.2, -0.15) is 10.5 Å². The Morgan fingerprint density at radius 3 is 2.42 bits per heavy atom. The number of nitrogens with one attached hydrogen (secondary N) is 1. The number of amides is 1. The molecule has 0 unspecified atom stereocenters. The van der Waals surface area contributed by atoms with Gasteiger partial charge in [-0.1, -0.05) is 0 Å². The summed E-state index contributed by atoms with van der Waals surface area (Å²) in [6.45, 7) is 0. The first-order valence-electron chi connectivity index (χ1n) is 3.06. The predicted molar refractivity (Wildman–Crippen MR) is 36.0 cm³/mol. The Kier molecular flexibility index (Phi) is 1.89. The van der Waals surface area contributed by atoms with Crippen LogP contribution in [0.3, 0.4) is 0 Å². The lowest BCUT2D eigenvalue weighted by molar-refractivity contribution is -0.137. The van der Waals surface area contributed by atoms with E-state index in [2.05, 4.69) is 0 Å². The lowest BCUT2D eigenvalue weighted by Crippen LogP contribution is -2.35. The van der Waals surface area contributed by atoms with Gasteiger partial charge in [-0.3, -0.25) is 9.59 Å². The lowest BCUT2D eigenvalue weighted by Gasteiger charge is -2.09. The average molecular weight is 161 g/mol. The van der Waals surface area contributed by atoms with Crippen LogP contribution in [0, 0.1) is 22.7 Å². The van der Waals surface area contributed by atoms with Crippen molar-refractivity contribution in [1.29, 1.82) is 10.5 Å². The van der Waals surface area contributed by atoms with Crippen molar-refractivity contribution >= 4 is 11.7 Å². The minimum absolute atomic E-state index is 0.0158. The van der Waals surface area contributed by atoms with E-state index in [4.69, 9.17) is 10.5 Å². The van der Waals surface area contributed by atoms with Crippen molar-refractivity contribution in [2.75, 3.05) is 0 Å². The van der Waals surface area contributed by atoms with Gasteiger partial charge >= 0.3 is 0 Å². The van der Waals surface area contributed by atoms with Crippen LogP contribution >= 0.6 is 0 Å². The molecule has 1 heterocycles. The highest BCUT2D eigenvalue weighted by atomic mass is 16.2. The third-order valence-corrected chi connectivity index (χ3v) is 1.38. The summed E-state index contributed by atoms with van der Waals surface area (Å²) in [6.07, 6.45) is -0.273. The van der Waals surface area contributed by atoms with Gasteiger partial charge in [0.25, 0.3) is 5.91 Å². The molecule has 0 radical (unpaired) electrons. The van der Waals surface area contributed by atoms with Crippen molar-refractivity contribution < 1.29 is 9.59 Å². The van der Waals surface area contributed by atoms with E-state index in [-0.39, 0.29) is 17.7 Å². The summed E-state index contributed by atoms with van der Waals surface area (Å²) in [6, 6.07) is 3.31. The third kappa shape index (κ3) is 1.16. The highest BCUT2D eigenvalue weighted by Crippen LogP contribution is 2.10. The normalized spacial score (nSPS) is 16.5. The van der Waals surface area contributed by atoms with Crippen molar-refractivity contribution in [3.8, 4) is 12.1 Å². The van der Waals surface area contributed by atoms with Gasteiger partial charge in [0.15, 0.2) is 0 Å². The zero-order valence-electron chi connectivity index (χ0n) is 5.92. The molecule has 1 amide bonds. The van der Waals surface area contributed by atoms with Crippen LogP contribution in [-0.2, 0) is 9.59 Å². The van der Waals surface area contributed by atoms with Crippen molar-refractivity contribution in [2.45, 2.75) is 6.42 Å². The molecule has 5 heteroatoms. The molecular weight excluding hydrogens is 158 g/mol. The fourth-order valence-corrected chi connectivity index (χ4v) is 0.779. The maximum atomic E-state index is 10.7.